The van der Waals surface area contributed by atoms with Crippen molar-refractivity contribution in [1.29, 1.82) is 5.26 Å². The summed E-state index contributed by atoms with van der Waals surface area (Å²) in [6.45, 7) is 4.64. The lowest BCUT2D eigenvalue weighted by Crippen LogP contribution is -2.51. The minimum absolute atomic E-state index is 0.0616. The van der Waals surface area contributed by atoms with E-state index in [0.717, 1.165) is 18.4 Å². The summed E-state index contributed by atoms with van der Waals surface area (Å²) in [5.41, 5.74) is 1.14. The van der Waals surface area contributed by atoms with Crippen LogP contribution >= 0.6 is 0 Å². The van der Waals surface area contributed by atoms with Crippen LogP contribution in [0.5, 0.6) is 0 Å². The van der Waals surface area contributed by atoms with E-state index < -0.39 is 12.1 Å². The number of benzene rings is 1. The van der Waals surface area contributed by atoms with Gasteiger partial charge in [0.05, 0.1) is 6.07 Å². The monoisotopic (exact) mass is 424 g/mol. The van der Waals surface area contributed by atoms with Crippen LogP contribution in [0.15, 0.2) is 30.3 Å². The molecule has 0 aromatic heterocycles. The van der Waals surface area contributed by atoms with E-state index in [1.165, 1.54) is 0 Å². The van der Waals surface area contributed by atoms with Gasteiger partial charge in [0.1, 0.15) is 12.1 Å². The zero-order valence-corrected chi connectivity index (χ0v) is 18.3. The summed E-state index contributed by atoms with van der Waals surface area (Å²) in [6.07, 6.45) is 3.15. The van der Waals surface area contributed by atoms with Gasteiger partial charge in [-0.2, -0.15) is 5.26 Å². The molecule has 3 rings (SSSR count). The fraction of sp³-hybridized carbons (Fsp3) is 0.583. The summed E-state index contributed by atoms with van der Waals surface area (Å²) in [6, 6.07) is 10.6. The molecule has 1 aromatic carbocycles. The Kier molecular flexibility index (Phi) is 7.67. The van der Waals surface area contributed by atoms with Crippen molar-refractivity contribution in [2.24, 2.45) is 17.8 Å². The Bertz CT molecular complexity index is 833. The average molecular weight is 425 g/mol. The zero-order valence-electron chi connectivity index (χ0n) is 18.3. The Morgan fingerprint density at radius 2 is 1.97 bits per heavy atom. The number of nitriles is 1. The first-order valence-corrected chi connectivity index (χ1v) is 11.2. The normalized spacial score (nSPS) is 24.5. The van der Waals surface area contributed by atoms with Crippen molar-refractivity contribution in [3.8, 4) is 6.07 Å². The van der Waals surface area contributed by atoms with Gasteiger partial charge in [-0.1, -0.05) is 44.2 Å². The number of amides is 3. The van der Waals surface area contributed by atoms with E-state index in [2.05, 4.69) is 22.0 Å². The van der Waals surface area contributed by atoms with Crippen LogP contribution in [0.1, 0.15) is 57.4 Å². The quantitative estimate of drug-likeness (QED) is 0.564. The topological polar surface area (TPSA) is 111 Å². The maximum atomic E-state index is 12.9. The molecule has 3 N–H and O–H groups in total. The lowest BCUT2D eigenvalue weighted by Gasteiger charge is -2.26. The van der Waals surface area contributed by atoms with Crippen molar-refractivity contribution in [1.82, 2.24) is 16.0 Å². The molecule has 0 spiro atoms. The van der Waals surface area contributed by atoms with E-state index in [1.54, 1.807) is 0 Å². The standard InChI is InChI=1S/C24H32N4O3/c1-15(2)11-21(28-23(30)20-13-19(20)16-7-4-3-5-8-16)24(31)27-18(14-25)12-17-9-6-10-26-22(17)29/h3-5,7-8,15,17-21H,6,9-13H2,1-2H3,(H,26,29)(H,27,31)(H,28,30)/t17-,18-,19-,20+,21-/m0/s1. The molecule has 7 heteroatoms. The summed E-state index contributed by atoms with van der Waals surface area (Å²) >= 11 is 0. The fourth-order valence-electron chi connectivity index (χ4n) is 4.30. The average Bonchev–Trinajstić information content (AvgIpc) is 3.55. The van der Waals surface area contributed by atoms with Gasteiger partial charge < -0.3 is 16.0 Å². The van der Waals surface area contributed by atoms with E-state index in [-0.39, 0.29) is 47.8 Å². The van der Waals surface area contributed by atoms with Crippen molar-refractivity contribution in [3.05, 3.63) is 35.9 Å². The number of carbonyl (C=O) groups is 3. The van der Waals surface area contributed by atoms with Gasteiger partial charge in [-0.05, 0) is 49.5 Å². The SMILES string of the molecule is CC(C)C[C@H](NC(=O)[C@@H]1C[C@H]1c1ccccc1)C(=O)N[C@H](C#N)C[C@@H]1CCCNC1=O. The van der Waals surface area contributed by atoms with E-state index in [9.17, 15) is 19.6 Å². The van der Waals surface area contributed by atoms with Crippen LogP contribution in [0.4, 0.5) is 0 Å². The Morgan fingerprint density at radius 1 is 1.23 bits per heavy atom. The highest BCUT2D eigenvalue weighted by Gasteiger charge is 2.44. The molecule has 2 aliphatic rings. The van der Waals surface area contributed by atoms with Gasteiger partial charge in [-0.3, -0.25) is 14.4 Å². The van der Waals surface area contributed by atoms with Crippen LogP contribution in [-0.2, 0) is 14.4 Å². The number of piperidine rings is 1. The minimum atomic E-state index is -0.758. The predicted molar refractivity (Wildman–Crippen MR) is 117 cm³/mol. The van der Waals surface area contributed by atoms with Gasteiger partial charge >= 0.3 is 0 Å². The Morgan fingerprint density at radius 3 is 2.61 bits per heavy atom. The van der Waals surface area contributed by atoms with Gasteiger partial charge in [0.15, 0.2) is 0 Å². The summed E-state index contributed by atoms with van der Waals surface area (Å²) in [5.74, 6) is -0.534. The molecular weight excluding hydrogens is 392 g/mol. The molecule has 1 heterocycles. The molecule has 0 radical (unpaired) electrons. The molecule has 3 amide bonds. The highest BCUT2D eigenvalue weighted by Crippen LogP contribution is 2.47. The van der Waals surface area contributed by atoms with Crippen LogP contribution in [0.2, 0.25) is 0 Å². The number of rotatable bonds is 9. The fourth-order valence-corrected chi connectivity index (χ4v) is 4.30. The summed E-state index contributed by atoms with van der Waals surface area (Å²) in [4.78, 5) is 37.7. The highest BCUT2D eigenvalue weighted by molar-refractivity contribution is 5.90. The lowest BCUT2D eigenvalue weighted by molar-refractivity contribution is -0.130. The Hall–Kier alpha value is -2.88. The summed E-state index contributed by atoms with van der Waals surface area (Å²) in [7, 11) is 0. The second-order valence-corrected chi connectivity index (χ2v) is 9.11. The van der Waals surface area contributed by atoms with Gasteiger partial charge in [0, 0.05) is 18.4 Å². The second kappa shape index (κ2) is 10.4. The minimum Gasteiger partial charge on any atom is -0.356 e. The maximum Gasteiger partial charge on any atom is 0.243 e. The number of nitrogens with one attached hydrogen (secondary N) is 3. The van der Waals surface area contributed by atoms with Crippen molar-refractivity contribution in [2.45, 2.75) is 64.0 Å². The zero-order chi connectivity index (χ0) is 22.4. The smallest absolute Gasteiger partial charge is 0.243 e. The lowest BCUT2D eigenvalue weighted by atomic mass is 9.91. The maximum absolute atomic E-state index is 12.9. The molecule has 1 saturated carbocycles. The molecule has 5 atom stereocenters. The van der Waals surface area contributed by atoms with Crippen molar-refractivity contribution in [3.63, 3.8) is 0 Å². The molecule has 1 aromatic rings. The summed E-state index contributed by atoms with van der Waals surface area (Å²) < 4.78 is 0. The number of hydrogen-bond donors (Lipinski definition) is 3. The molecule has 1 saturated heterocycles. The third-order valence-corrected chi connectivity index (χ3v) is 6.09. The number of nitrogens with zero attached hydrogens (tertiary/aromatic N) is 1. The third kappa shape index (κ3) is 6.30. The molecule has 166 valence electrons. The van der Waals surface area contributed by atoms with Crippen molar-refractivity contribution >= 4 is 17.7 Å². The molecule has 1 aliphatic heterocycles. The summed E-state index contributed by atoms with van der Waals surface area (Å²) in [5, 5.41) is 18.0. The highest BCUT2D eigenvalue weighted by atomic mass is 16.2. The van der Waals surface area contributed by atoms with Gasteiger partial charge in [0.2, 0.25) is 17.7 Å². The molecule has 2 fully saturated rings. The first-order valence-electron chi connectivity index (χ1n) is 11.2. The van der Waals surface area contributed by atoms with Crippen LogP contribution in [0.25, 0.3) is 0 Å². The number of carbonyl (C=O) groups excluding carboxylic acids is 3. The van der Waals surface area contributed by atoms with E-state index >= 15 is 0 Å². The molecular formula is C24H32N4O3. The molecule has 0 unspecified atom stereocenters. The number of hydrogen-bond acceptors (Lipinski definition) is 4. The van der Waals surface area contributed by atoms with E-state index in [4.69, 9.17) is 0 Å². The van der Waals surface area contributed by atoms with Crippen molar-refractivity contribution < 1.29 is 14.4 Å². The van der Waals surface area contributed by atoms with Gasteiger partial charge in [0.25, 0.3) is 0 Å². The molecule has 0 bridgehead atoms. The predicted octanol–water partition coefficient (Wildman–Crippen LogP) is 2.25. The molecule has 7 nitrogen and oxygen atoms in total. The third-order valence-electron chi connectivity index (χ3n) is 6.09. The largest absolute Gasteiger partial charge is 0.356 e. The first-order chi connectivity index (χ1) is 14.9. The molecule has 31 heavy (non-hydrogen) atoms. The second-order valence-electron chi connectivity index (χ2n) is 9.11. The Labute approximate surface area is 184 Å². The van der Waals surface area contributed by atoms with E-state index in [1.807, 2.05) is 44.2 Å². The first kappa shape index (κ1) is 22.8. The van der Waals surface area contributed by atoms with Crippen LogP contribution in [-0.4, -0.2) is 36.3 Å². The van der Waals surface area contributed by atoms with Crippen LogP contribution in [0, 0.1) is 29.1 Å². The van der Waals surface area contributed by atoms with Crippen LogP contribution < -0.4 is 16.0 Å². The molecule has 1 aliphatic carbocycles. The van der Waals surface area contributed by atoms with Gasteiger partial charge in [-0.15, -0.1) is 0 Å². The van der Waals surface area contributed by atoms with Crippen molar-refractivity contribution in [2.75, 3.05) is 6.54 Å². The van der Waals surface area contributed by atoms with E-state index in [0.29, 0.717) is 19.4 Å². The van der Waals surface area contributed by atoms with Gasteiger partial charge in [-0.25, -0.2) is 0 Å². The Balaban J connectivity index is 1.57. The van der Waals surface area contributed by atoms with Crippen LogP contribution in [0.3, 0.4) is 0 Å².